The van der Waals surface area contributed by atoms with E-state index in [9.17, 15) is 0 Å². The van der Waals surface area contributed by atoms with Gasteiger partial charge in [-0.05, 0) is 48.2 Å². The fraction of sp³-hybridized carbons (Fsp3) is 0.300. The molecule has 0 fully saturated rings. The first-order valence-corrected chi connectivity index (χ1v) is 13.5. The highest BCUT2D eigenvalue weighted by Crippen LogP contribution is 2.36. The topological polar surface area (TPSA) is 36.3 Å². The van der Waals surface area contributed by atoms with Gasteiger partial charge in [-0.25, -0.2) is 4.98 Å². The number of ether oxygens (including phenoxy) is 2. The monoisotopic (exact) mass is 482 g/mol. The Morgan fingerprint density at radius 1 is 0.771 bits per heavy atom. The van der Waals surface area contributed by atoms with Crippen LogP contribution in [0.15, 0.2) is 97.6 Å². The second-order valence-electron chi connectivity index (χ2n) is 8.63. The van der Waals surface area contributed by atoms with Gasteiger partial charge in [0.25, 0.3) is 0 Å². The minimum atomic E-state index is -0.494. The molecule has 1 aromatic heterocycles. The molecule has 0 spiro atoms. The Kier molecular flexibility index (Phi) is 8.79. The molecule has 0 saturated heterocycles. The van der Waals surface area contributed by atoms with Crippen LogP contribution in [-0.4, -0.2) is 32.3 Å². The Bertz CT molecular complexity index is 1110. The molecular weight excluding hydrogens is 448 g/mol. The van der Waals surface area contributed by atoms with Gasteiger partial charge in [0.2, 0.25) is 0 Å². The van der Waals surface area contributed by atoms with Crippen LogP contribution in [0.1, 0.15) is 50.7 Å². The number of benzene rings is 3. The summed E-state index contributed by atoms with van der Waals surface area (Å²) in [6.45, 7) is 5.81. The average molecular weight is 483 g/mol. The van der Waals surface area contributed by atoms with Crippen molar-refractivity contribution < 1.29 is 9.47 Å². The van der Waals surface area contributed by atoms with Gasteiger partial charge in [0.05, 0.1) is 24.7 Å². The number of aromatic nitrogens is 2. The minimum absolute atomic E-state index is 0.425. The average Bonchev–Trinajstić information content (AvgIpc) is 3.44. The van der Waals surface area contributed by atoms with Gasteiger partial charge in [-0.2, -0.15) is 0 Å². The van der Waals surface area contributed by atoms with Crippen LogP contribution >= 0.6 is 0 Å². The van der Waals surface area contributed by atoms with Gasteiger partial charge in [0.15, 0.2) is 0 Å². The molecule has 0 amide bonds. The van der Waals surface area contributed by atoms with Crippen molar-refractivity contribution in [3.05, 3.63) is 109 Å². The van der Waals surface area contributed by atoms with Crippen LogP contribution in [0, 0.1) is 0 Å². The SMILES string of the molecule is CCCCOc1cccc(C([Si]c2ccccc2)(c2cccc(OCCCC)c2)n2ccnc2)c1. The Balaban J connectivity index is 1.86. The third kappa shape index (κ3) is 6.04. The summed E-state index contributed by atoms with van der Waals surface area (Å²) in [4.78, 5) is 4.45. The van der Waals surface area contributed by atoms with E-state index in [4.69, 9.17) is 9.47 Å². The van der Waals surface area contributed by atoms with E-state index < -0.39 is 5.16 Å². The maximum Gasteiger partial charge on any atom is 0.127 e. The van der Waals surface area contributed by atoms with Gasteiger partial charge in [0.1, 0.15) is 21.0 Å². The van der Waals surface area contributed by atoms with E-state index >= 15 is 0 Å². The van der Waals surface area contributed by atoms with Crippen molar-refractivity contribution >= 4 is 14.7 Å². The standard InChI is InChI=1S/C30H34N2O2Si/c1-3-5-20-33-27-14-10-12-25(22-27)30(32-19-18-31-24-32,35-29-16-8-7-9-17-29)26-13-11-15-28(23-26)34-21-6-4-2/h7-19,22-24H,3-6,20-21H2,1-2H3. The fourth-order valence-corrected chi connectivity index (χ4v) is 5.79. The number of hydrogen-bond donors (Lipinski definition) is 0. The summed E-state index contributed by atoms with van der Waals surface area (Å²) in [7, 11) is 0.425. The number of nitrogens with zero attached hydrogens (tertiary/aromatic N) is 2. The van der Waals surface area contributed by atoms with E-state index in [0.29, 0.717) is 9.52 Å². The van der Waals surface area contributed by atoms with Crippen LogP contribution in [0.3, 0.4) is 0 Å². The highest BCUT2D eigenvalue weighted by Gasteiger charge is 2.38. The first kappa shape index (κ1) is 24.8. The van der Waals surface area contributed by atoms with E-state index in [2.05, 4.69) is 96.3 Å². The molecular formula is C30H34N2O2Si. The zero-order valence-electron chi connectivity index (χ0n) is 20.7. The van der Waals surface area contributed by atoms with Crippen molar-refractivity contribution in [2.24, 2.45) is 0 Å². The summed E-state index contributed by atoms with van der Waals surface area (Å²) < 4.78 is 14.5. The summed E-state index contributed by atoms with van der Waals surface area (Å²) in [6.07, 6.45) is 10.1. The largest absolute Gasteiger partial charge is 0.494 e. The number of unbranched alkanes of at least 4 members (excludes halogenated alkanes) is 2. The molecule has 4 nitrogen and oxygen atoms in total. The lowest BCUT2D eigenvalue weighted by Crippen LogP contribution is -2.46. The molecule has 0 N–H and O–H groups in total. The molecule has 3 aromatic carbocycles. The molecule has 0 saturated carbocycles. The minimum Gasteiger partial charge on any atom is -0.494 e. The molecule has 0 aliphatic rings. The van der Waals surface area contributed by atoms with Crippen molar-refractivity contribution in [1.29, 1.82) is 0 Å². The molecule has 4 aromatic rings. The molecule has 2 radical (unpaired) electrons. The fourth-order valence-electron chi connectivity index (χ4n) is 4.15. The lowest BCUT2D eigenvalue weighted by atomic mass is 9.96. The molecule has 0 aliphatic carbocycles. The van der Waals surface area contributed by atoms with Gasteiger partial charge in [-0.1, -0.05) is 86.5 Å². The number of rotatable bonds is 13. The van der Waals surface area contributed by atoms with Crippen LogP contribution in [0.25, 0.3) is 0 Å². The van der Waals surface area contributed by atoms with Crippen LogP contribution in [-0.2, 0) is 5.16 Å². The Hall–Kier alpha value is -3.31. The summed E-state index contributed by atoms with van der Waals surface area (Å²) in [5, 5.41) is 0.780. The smallest absolute Gasteiger partial charge is 0.127 e. The second kappa shape index (κ2) is 12.4. The maximum atomic E-state index is 6.13. The second-order valence-corrected chi connectivity index (χ2v) is 10.2. The van der Waals surface area contributed by atoms with Crippen LogP contribution in [0.4, 0.5) is 0 Å². The van der Waals surface area contributed by atoms with Gasteiger partial charge in [-0.15, -0.1) is 0 Å². The summed E-state index contributed by atoms with van der Waals surface area (Å²) in [5.74, 6) is 1.79. The van der Waals surface area contributed by atoms with E-state index in [1.807, 2.05) is 24.7 Å². The predicted octanol–water partition coefficient (Wildman–Crippen LogP) is 6.02. The lowest BCUT2D eigenvalue weighted by Gasteiger charge is -2.37. The molecule has 0 aliphatic heterocycles. The Morgan fingerprint density at radius 3 is 1.89 bits per heavy atom. The first-order valence-electron chi connectivity index (χ1n) is 12.5. The zero-order valence-corrected chi connectivity index (χ0v) is 21.7. The van der Waals surface area contributed by atoms with Crippen molar-refractivity contribution in [3.63, 3.8) is 0 Å². The molecule has 4 rings (SSSR count). The van der Waals surface area contributed by atoms with Crippen molar-refractivity contribution in [2.75, 3.05) is 13.2 Å². The number of hydrogen-bond acceptors (Lipinski definition) is 3. The molecule has 180 valence electrons. The van der Waals surface area contributed by atoms with Gasteiger partial charge in [0, 0.05) is 12.4 Å². The molecule has 0 atom stereocenters. The van der Waals surface area contributed by atoms with E-state index in [1.54, 1.807) is 0 Å². The van der Waals surface area contributed by atoms with Crippen molar-refractivity contribution in [2.45, 2.75) is 44.7 Å². The summed E-state index contributed by atoms with van der Waals surface area (Å²) in [6, 6.07) is 27.8. The Labute approximate surface area is 211 Å². The molecule has 1 heterocycles. The first-order chi connectivity index (χ1) is 17.3. The summed E-state index contributed by atoms with van der Waals surface area (Å²) >= 11 is 0. The van der Waals surface area contributed by atoms with Crippen LogP contribution in [0.2, 0.25) is 0 Å². The van der Waals surface area contributed by atoms with E-state index in [0.717, 1.165) is 61.5 Å². The highest BCUT2D eigenvalue weighted by molar-refractivity contribution is 6.57. The Morgan fingerprint density at radius 2 is 1.37 bits per heavy atom. The zero-order chi connectivity index (χ0) is 24.3. The van der Waals surface area contributed by atoms with Crippen molar-refractivity contribution in [3.8, 4) is 11.5 Å². The van der Waals surface area contributed by atoms with E-state index in [-0.39, 0.29) is 0 Å². The molecule has 0 bridgehead atoms. The third-order valence-electron chi connectivity index (χ3n) is 6.03. The van der Waals surface area contributed by atoms with Crippen LogP contribution in [0.5, 0.6) is 11.5 Å². The molecule has 35 heavy (non-hydrogen) atoms. The lowest BCUT2D eigenvalue weighted by molar-refractivity contribution is 0.308. The van der Waals surface area contributed by atoms with Crippen molar-refractivity contribution in [1.82, 2.24) is 9.55 Å². The van der Waals surface area contributed by atoms with Gasteiger partial charge < -0.3 is 14.0 Å². The van der Waals surface area contributed by atoms with Crippen LogP contribution < -0.4 is 14.7 Å². The van der Waals surface area contributed by atoms with Gasteiger partial charge >= 0.3 is 0 Å². The quantitative estimate of drug-likeness (QED) is 0.173. The van der Waals surface area contributed by atoms with E-state index in [1.165, 1.54) is 5.19 Å². The third-order valence-corrected chi connectivity index (χ3v) is 7.85. The predicted molar refractivity (Wildman–Crippen MR) is 144 cm³/mol. The maximum absolute atomic E-state index is 6.13. The highest BCUT2D eigenvalue weighted by atomic mass is 28.2. The molecule has 5 heteroatoms. The summed E-state index contributed by atoms with van der Waals surface area (Å²) in [5.41, 5.74) is 2.33. The number of imidazole rings is 1. The van der Waals surface area contributed by atoms with Gasteiger partial charge in [-0.3, -0.25) is 0 Å². The molecule has 0 unspecified atom stereocenters. The normalized spacial score (nSPS) is 11.4.